The van der Waals surface area contributed by atoms with Crippen molar-refractivity contribution in [1.29, 1.82) is 0 Å². The van der Waals surface area contributed by atoms with Gasteiger partial charge < -0.3 is 15.3 Å². The molecule has 0 saturated carbocycles. The van der Waals surface area contributed by atoms with Crippen molar-refractivity contribution >= 4 is 23.1 Å². The zero-order chi connectivity index (χ0) is 26.7. The van der Waals surface area contributed by atoms with Gasteiger partial charge in [-0.25, -0.2) is 0 Å². The van der Waals surface area contributed by atoms with Crippen molar-refractivity contribution in [2.24, 2.45) is 0 Å². The lowest BCUT2D eigenvalue weighted by Gasteiger charge is -2.31. The number of allylic oxidation sites excluding steroid dienone is 1. The molecule has 2 aliphatic heterocycles. The summed E-state index contributed by atoms with van der Waals surface area (Å²) in [6.07, 6.45) is 15.5. The Balaban J connectivity index is 0.00000107. The van der Waals surface area contributed by atoms with Crippen molar-refractivity contribution < 1.29 is 0 Å². The molecule has 0 aliphatic carbocycles. The number of hydrogen-bond donors (Lipinski definition) is 3. The number of benzene rings is 1. The smallest absolute Gasteiger partial charge is 0.0602 e. The Bertz CT molecular complexity index is 1240. The van der Waals surface area contributed by atoms with Gasteiger partial charge in [-0.2, -0.15) is 0 Å². The molecule has 1 aromatic carbocycles. The summed E-state index contributed by atoms with van der Waals surface area (Å²) < 4.78 is 0. The Labute approximate surface area is 229 Å². The Hall–Kier alpha value is -3.04. The average molecular weight is 512 g/mol. The predicted octanol–water partition coefficient (Wildman–Crippen LogP) is 6.07. The third kappa shape index (κ3) is 6.88. The molecule has 0 radical (unpaired) electrons. The minimum atomic E-state index is 0.612. The highest BCUT2D eigenvalue weighted by Crippen LogP contribution is 2.34. The third-order valence-electron chi connectivity index (χ3n) is 7.93. The number of piperidine rings is 2. The molecule has 0 atom stereocenters. The maximum Gasteiger partial charge on any atom is 0.0602 e. The number of nitrogens with one attached hydrogen (secondary N) is 3. The molecule has 0 unspecified atom stereocenters. The third-order valence-corrected chi connectivity index (χ3v) is 7.93. The zero-order valence-corrected chi connectivity index (χ0v) is 23.5. The quantitative estimate of drug-likeness (QED) is 0.352. The lowest BCUT2D eigenvalue weighted by Crippen LogP contribution is -2.34. The van der Waals surface area contributed by atoms with E-state index in [1.807, 2.05) is 20.2 Å². The molecular weight excluding hydrogens is 466 g/mol. The van der Waals surface area contributed by atoms with Crippen LogP contribution in [0, 0.1) is 11.8 Å². The van der Waals surface area contributed by atoms with E-state index in [1.54, 1.807) is 0 Å². The highest BCUT2D eigenvalue weighted by molar-refractivity contribution is 5.83. The first-order valence-corrected chi connectivity index (χ1v) is 14.2. The van der Waals surface area contributed by atoms with Crippen LogP contribution >= 0.6 is 0 Å². The van der Waals surface area contributed by atoms with Crippen LogP contribution in [0.5, 0.6) is 0 Å². The molecule has 0 bridgehead atoms. The maximum absolute atomic E-state index is 4.05. The van der Waals surface area contributed by atoms with Gasteiger partial charge in [-0.1, -0.05) is 48.8 Å². The van der Waals surface area contributed by atoms with E-state index in [0.717, 1.165) is 39.3 Å². The van der Waals surface area contributed by atoms with Crippen molar-refractivity contribution in [3.63, 3.8) is 0 Å². The van der Waals surface area contributed by atoms with Crippen molar-refractivity contribution in [2.45, 2.75) is 44.4 Å². The summed E-state index contributed by atoms with van der Waals surface area (Å²) in [5.74, 6) is 8.20. The van der Waals surface area contributed by atoms with Gasteiger partial charge in [0.2, 0.25) is 0 Å². The maximum atomic E-state index is 4.05. The monoisotopic (exact) mass is 511 g/mol. The lowest BCUT2D eigenvalue weighted by atomic mass is 9.88. The minimum absolute atomic E-state index is 0.612. The second kappa shape index (κ2) is 14.2. The summed E-state index contributed by atoms with van der Waals surface area (Å²) in [6, 6.07) is 8.67. The summed E-state index contributed by atoms with van der Waals surface area (Å²) in [4.78, 5) is 11.9. The zero-order valence-electron chi connectivity index (χ0n) is 23.5. The molecule has 2 fully saturated rings. The van der Waals surface area contributed by atoms with Crippen LogP contribution < -0.4 is 5.32 Å². The van der Waals surface area contributed by atoms with Crippen LogP contribution in [0.2, 0.25) is 0 Å². The summed E-state index contributed by atoms with van der Waals surface area (Å²) in [5.41, 5.74) is 6.63. The number of aromatic nitrogens is 2. The van der Waals surface area contributed by atoms with E-state index in [4.69, 9.17) is 0 Å². The Morgan fingerprint density at radius 2 is 1.45 bits per heavy atom. The van der Waals surface area contributed by atoms with Gasteiger partial charge in [0.1, 0.15) is 0 Å². The van der Waals surface area contributed by atoms with Crippen LogP contribution in [-0.2, 0) is 0 Å². The molecule has 202 valence electrons. The Kier molecular flexibility index (Phi) is 10.5. The van der Waals surface area contributed by atoms with E-state index in [1.165, 1.54) is 59.0 Å². The van der Waals surface area contributed by atoms with Gasteiger partial charge >= 0.3 is 0 Å². The molecule has 3 aromatic rings. The van der Waals surface area contributed by atoms with Crippen LogP contribution in [0.25, 0.3) is 23.1 Å². The van der Waals surface area contributed by atoms with Gasteiger partial charge in [0.15, 0.2) is 0 Å². The number of para-hydroxylation sites is 1. The number of likely N-dealkylation sites (tertiary alicyclic amines) is 2. The van der Waals surface area contributed by atoms with Crippen LogP contribution in [0.15, 0.2) is 49.3 Å². The highest BCUT2D eigenvalue weighted by atomic mass is 15.1. The molecule has 0 amide bonds. The molecule has 5 rings (SSSR count). The van der Waals surface area contributed by atoms with Gasteiger partial charge in [0.25, 0.3) is 0 Å². The molecule has 38 heavy (non-hydrogen) atoms. The van der Waals surface area contributed by atoms with Crippen molar-refractivity contribution in [3.05, 3.63) is 71.7 Å². The number of hydrogen-bond acceptors (Lipinski definition) is 3. The number of nitrogens with zero attached hydrogens (tertiary/aromatic N) is 2. The first-order chi connectivity index (χ1) is 18.7. The molecular formula is C33H45N5. The van der Waals surface area contributed by atoms with Crippen molar-refractivity contribution in [2.75, 3.05) is 53.4 Å². The standard InChI is InChI=1S/C31H38N4.C2H7N/c1-3-9-30-26(4-2)28(22-32-30)24-12-18-34(19-13-24)16-7-8-17-35-20-14-25(15-21-35)29-23-33-31-11-6-5-10-27(29)31;1-3-2/h3-6,9-11,22-25,32-33H,2,12-21H2,1H3;3H,1-2H3/b9-3-;. The highest BCUT2D eigenvalue weighted by Gasteiger charge is 2.24. The van der Waals surface area contributed by atoms with Gasteiger partial charge in [-0.15, -0.1) is 0 Å². The van der Waals surface area contributed by atoms with Crippen molar-refractivity contribution in [1.82, 2.24) is 25.1 Å². The minimum Gasteiger partial charge on any atom is -0.361 e. The van der Waals surface area contributed by atoms with Crippen LogP contribution in [0.3, 0.4) is 0 Å². The molecule has 5 heteroatoms. The summed E-state index contributed by atoms with van der Waals surface area (Å²) in [7, 11) is 3.75. The van der Waals surface area contributed by atoms with E-state index in [0.29, 0.717) is 11.8 Å². The Morgan fingerprint density at radius 3 is 2.03 bits per heavy atom. The first-order valence-electron chi connectivity index (χ1n) is 14.2. The molecule has 5 nitrogen and oxygen atoms in total. The topological polar surface area (TPSA) is 50.1 Å². The van der Waals surface area contributed by atoms with Gasteiger partial charge in [-0.05, 0) is 108 Å². The van der Waals surface area contributed by atoms with E-state index >= 15 is 0 Å². The average Bonchev–Trinajstić information content (AvgIpc) is 3.57. The second-order valence-corrected chi connectivity index (χ2v) is 10.5. The van der Waals surface area contributed by atoms with E-state index in [-0.39, 0.29) is 0 Å². The molecule has 3 N–H and O–H groups in total. The molecule has 2 saturated heterocycles. The number of H-pyrrole nitrogens is 2. The van der Waals surface area contributed by atoms with E-state index in [9.17, 15) is 0 Å². The van der Waals surface area contributed by atoms with Crippen LogP contribution in [-0.4, -0.2) is 73.1 Å². The van der Waals surface area contributed by atoms with E-state index < -0.39 is 0 Å². The molecule has 0 spiro atoms. The fraction of sp³-hybridized carbons (Fsp3) is 0.455. The van der Waals surface area contributed by atoms with Gasteiger partial charge in [0, 0.05) is 34.6 Å². The number of aromatic amines is 2. The second-order valence-electron chi connectivity index (χ2n) is 10.5. The largest absolute Gasteiger partial charge is 0.361 e. The van der Waals surface area contributed by atoms with E-state index in [2.05, 4.69) is 99.2 Å². The van der Waals surface area contributed by atoms with Crippen molar-refractivity contribution in [3.8, 4) is 11.8 Å². The Morgan fingerprint density at radius 1 is 0.895 bits per heavy atom. The predicted molar refractivity (Wildman–Crippen MR) is 163 cm³/mol. The van der Waals surface area contributed by atoms with Crippen LogP contribution in [0.4, 0.5) is 0 Å². The number of rotatable bonds is 6. The summed E-state index contributed by atoms with van der Waals surface area (Å²) in [5, 5.41) is 4.14. The SMILES string of the molecule is C=Cc1c(C2CCN(CC#CCN3CCC(c4c[nH]c5ccccc45)CC3)CC2)c[nH]c1/C=C\C.CNC. The van der Waals surface area contributed by atoms with Gasteiger partial charge in [0.05, 0.1) is 13.1 Å². The summed E-state index contributed by atoms with van der Waals surface area (Å²) in [6.45, 7) is 12.4. The molecule has 2 aromatic heterocycles. The van der Waals surface area contributed by atoms with Crippen LogP contribution in [0.1, 0.15) is 66.8 Å². The fourth-order valence-corrected chi connectivity index (χ4v) is 5.91. The lowest BCUT2D eigenvalue weighted by molar-refractivity contribution is 0.232. The first kappa shape index (κ1) is 28.0. The van der Waals surface area contributed by atoms with Gasteiger partial charge in [-0.3, -0.25) is 9.80 Å². The molecule has 4 heterocycles. The normalized spacial score (nSPS) is 17.8. The fourth-order valence-electron chi connectivity index (χ4n) is 5.91. The number of fused-ring (bicyclic) bond motifs is 1. The molecule has 2 aliphatic rings. The summed E-state index contributed by atoms with van der Waals surface area (Å²) >= 11 is 0.